The molecular formula is C9H13IO3. The topological polar surface area (TPSA) is 35.5 Å². The Kier molecular flexibility index (Phi) is 2.30. The Morgan fingerprint density at radius 2 is 2.31 bits per heavy atom. The van der Waals surface area contributed by atoms with Crippen LogP contribution in [0.25, 0.3) is 0 Å². The molecule has 3 nitrogen and oxygen atoms in total. The Balaban J connectivity index is 1.87. The van der Waals surface area contributed by atoms with Crippen LogP contribution in [0.15, 0.2) is 0 Å². The van der Waals surface area contributed by atoms with Crippen LogP contribution in [0.5, 0.6) is 0 Å². The predicted octanol–water partition coefficient (Wildman–Crippen LogP) is 1.53. The Labute approximate surface area is 91.3 Å². The minimum atomic E-state index is -0.211. The zero-order valence-corrected chi connectivity index (χ0v) is 9.80. The summed E-state index contributed by atoms with van der Waals surface area (Å²) in [5.41, 5.74) is 0.289. The van der Waals surface area contributed by atoms with Gasteiger partial charge in [-0.3, -0.25) is 4.79 Å². The highest BCUT2D eigenvalue weighted by Crippen LogP contribution is 2.58. The van der Waals surface area contributed by atoms with Crippen LogP contribution in [-0.4, -0.2) is 29.2 Å². The van der Waals surface area contributed by atoms with Gasteiger partial charge in [-0.2, -0.15) is 0 Å². The maximum atomic E-state index is 10.6. The van der Waals surface area contributed by atoms with E-state index in [1.165, 1.54) is 6.92 Å². The SMILES string of the molecule is CC(=O)OCC12CC(CI)(CO1)C2. The van der Waals surface area contributed by atoms with Gasteiger partial charge in [0.25, 0.3) is 0 Å². The van der Waals surface area contributed by atoms with Gasteiger partial charge in [-0.15, -0.1) is 0 Å². The van der Waals surface area contributed by atoms with Crippen LogP contribution in [0.2, 0.25) is 0 Å². The molecule has 0 aromatic heterocycles. The van der Waals surface area contributed by atoms with Gasteiger partial charge in [-0.05, 0) is 12.8 Å². The minimum Gasteiger partial charge on any atom is -0.463 e. The van der Waals surface area contributed by atoms with Gasteiger partial charge in [0.1, 0.15) is 12.2 Å². The molecule has 2 aliphatic heterocycles. The summed E-state index contributed by atoms with van der Waals surface area (Å²) in [5.74, 6) is -0.211. The number of halogens is 1. The highest BCUT2D eigenvalue weighted by molar-refractivity contribution is 14.1. The molecule has 0 N–H and O–H groups in total. The van der Waals surface area contributed by atoms with E-state index in [2.05, 4.69) is 22.6 Å². The van der Waals surface area contributed by atoms with E-state index in [-0.39, 0.29) is 11.6 Å². The van der Waals surface area contributed by atoms with E-state index in [4.69, 9.17) is 9.47 Å². The summed E-state index contributed by atoms with van der Waals surface area (Å²) in [6, 6.07) is 0. The molecule has 0 aromatic rings. The Morgan fingerprint density at radius 1 is 1.62 bits per heavy atom. The van der Waals surface area contributed by atoms with E-state index >= 15 is 0 Å². The van der Waals surface area contributed by atoms with Gasteiger partial charge < -0.3 is 9.47 Å². The fourth-order valence-electron chi connectivity index (χ4n) is 2.34. The average molecular weight is 296 g/mol. The molecule has 4 heteroatoms. The number of rotatable bonds is 3. The molecule has 3 aliphatic rings. The molecule has 0 amide bonds. The van der Waals surface area contributed by atoms with Crippen molar-refractivity contribution in [3.63, 3.8) is 0 Å². The van der Waals surface area contributed by atoms with Crippen molar-refractivity contribution < 1.29 is 14.3 Å². The molecule has 0 radical (unpaired) electrons. The summed E-state index contributed by atoms with van der Waals surface area (Å²) in [6.45, 7) is 2.73. The van der Waals surface area contributed by atoms with Crippen molar-refractivity contribution in [1.82, 2.24) is 0 Å². The van der Waals surface area contributed by atoms with Crippen molar-refractivity contribution in [1.29, 1.82) is 0 Å². The first-order valence-electron chi connectivity index (χ1n) is 4.43. The molecular weight excluding hydrogens is 283 g/mol. The van der Waals surface area contributed by atoms with Gasteiger partial charge in [-0.25, -0.2) is 0 Å². The van der Waals surface area contributed by atoms with Crippen LogP contribution in [0.1, 0.15) is 19.8 Å². The predicted molar refractivity (Wildman–Crippen MR) is 55.9 cm³/mol. The van der Waals surface area contributed by atoms with Crippen LogP contribution in [0.3, 0.4) is 0 Å². The van der Waals surface area contributed by atoms with Gasteiger partial charge in [0.2, 0.25) is 0 Å². The molecule has 13 heavy (non-hydrogen) atoms. The number of esters is 1. The van der Waals surface area contributed by atoms with Gasteiger partial charge in [0.15, 0.2) is 0 Å². The third kappa shape index (κ3) is 1.58. The second kappa shape index (κ2) is 3.08. The molecule has 0 atom stereocenters. The first kappa shape index (κ1) is 9.71. The first-order valence-corrected chi connectivity index (χ1v) is 5.96. The second-order valence-electron chi connectivity index (χ2n) is 4.24. The highest BCUT2D eigenvalue weighted by Gasteiger charge is 2.62. The second-order valence-corrected chi connectivity index (χ2v) is 5.00. The van der Waals surface area contributed by atoms with Gasteiger partial charge in [-0.1, -0.05) is 22.6 Å². The van der Waals surface area contributed by atoms with E-state index < -0.39 is 0 Å². The summed E-state index contributed by atoms with van der Waals surface area (Å²) in [4.78, 5) is 10.6. The van der Waals surface area contributed by atoms with E-state index in [9.17, 15) is 4.79 Å². The Hall–Kier alpha value is 0.160. The Bertz CT molecular complexity index is 233. The maximum Gasteiger partial charge on any atom is 0.302 e. The van der Waals surface area contributed by atoms with Crippen LogP contribution < -0.4 is 0 Å². The van der Waals surface area contributed by atoms with Crippen molar-refractivity contribution in [3.8, 4) is 0 Å². The smallest absolute Gasteiger partial charge is 0.302 e. The number of fused-ring (bicyclic) bond motifs is 1. The molecule has 0 spiro atoms. The molecule has 2 saturated heterocycles. The van der Waals surface area contributed by atoms with Gasteiger partial charge >= 0.3 is 5.97 Å². The molecule has 1 aliphatic carbocycles. The molecule has 0 aromatic carbocycles. The fraction of sp³-hybridized carbons (Fsp3) is 0.889. The quantitative estimate of drug-likeness (QED) is 0.450. The van der Waals surface area contributed by atoms with E-state index in [1.807, 2.05) is 0 Å². The molecule has 0 unspecified atom stereocenters. The van der Waals surface area contributed by atoms with E-state index in [0.29, 0.717) is 12.0 Å². The molecule has 2 bridgehead atoms. The number of ether oxygens (including phenoxy) is 2. The maximum absolute atomic E-state index is 10.6. The van der Waals surface area contributed by atoms with Gasteiger partial charge in [0, 0.05) is 16.8 Å². The average Bonchev–Trinajstić information content (AvgIpc) is 2.55. The minimum absolute atomic E-state index is 0.114. The standard InChI is InChI=1S/C9H13IO3/c1-7(11)12-6-9-2-8(3-9,4-10)5-13-9/h2-6H2,1H3. The van der Waals surface area contributed by atoms with Gasteiger partial charge in [0.05, 0.1) is 6.61 Å². The Morgan fingerprint density at radius 3 is 2.77 bits per heavy atom. The van der Waals surface area contributed by atoms with Crippen LogP contribution in [-0.2, 0) is 14.3 Å². The number of hydrogen-bond donors (Lipinski definition) is 0. The largest absolute Gasteiger partial charge is 0.463 e. The van der Waals surface area contributed by atoms with E-state index in [0.717, 1.165) is 23.9 Å². The van der Waals surface area contributed by atoms with Crippen molar-refractivity contribution in [2.45, 2.75) is 25.4 Å². The third-order valence-electron chi connectivity index (χ3n) is 2.90. The number of hydrogen-bond acceptors (Lipinski definition) is 3. The number of alkyl halides is 1. The molecule has 3 fully saturated rings. The monoisotopic (exact) mass is 296 g/mol. The zero-order valence-electron chi connectivity index (χ0n) is 7.64. The lowest BCUT2D eigenvalue weighted by Gasteiger charge is -2.42. The summed E-state index contributed by atoms with van der Waals surface area (Å²) in [6.07, 6.45) is 2.13. The normalized spacial score (nSPS) is 41.4. The summed E-state index contributed by atoms with van der Waals surface area (Å²) in [7, 11) is 0. The molecule has 1 saturated carbocycles. The van der Waals surface area contributed by atoms with Crippen molar-refractivity contribution in [2.24, 2.45) is 5.41 Å². The van der Waals surface area contributed by atoms with Crippen LogP contribution >= 0.6 is 22.6 Å². The van der Waals surface area contributed by atoms with Crippen LogP contribution in [0.4, 0.5) is 0 Å². The van der Waals surface area contributed by atoms with Crippen molar-refractivity contribution in [3.05, 3.63) is 0 Å². The number of carbonyl (C=O) groups excluding carboxylic acids is 1. The lowest BCUT2D eigenvalue weighted by Crippen LogP contribution is -2.48. The van der Waals surface area contributed by atoms with Crippen LogP contribution in [0, 0.1) is 5.41 Å². The highest BCUT2D eigenvalue weighted by atomic mass is 127. The summed E-state index contributed by atoms with van der Waals surface area (Å²) >= 11 is 2.40. The summed E-state index contributed by atoms with van der Waals surface area (Å²) in [5, 5.41) is 0. The molecule has 74 valence electrons. The van der Waals surface area contributed by atoms with Crippen molar-refractivity contribution >= 4 is 28.6 Å². The lowest BCUT2D eigenvalue weighted by molar-refractivity contribution is -0.152. The van der Waals surface area contributed by atoms with E-state index in [1.54, 1.807) is 0 Å². The fourth-order valence-corrected chi connectivity index (χ4v) is 3.09. The zero-order chi connectivity index (χ0) is 9.53. The lowest BCUT2D eigenvalue weighted by atomic mass is 9.64. The van der Waals surface area contributed by atoms with Crippen molar-refractivity contribution in [2.75, 3.05) is 17.6 Å². The summed E-state index contributed by atoms with van der Waals surface area (Å²) < 4.78 is 11.8. The first-order chi connectivity index (χ1) is 6.10. The molecule has 3 rings (SSSR count). The molecule has 2 heterocycles. The third-order valence-corrected chi connectivity index (χ3v) is 4.52. The number of carbonyl (C=O) groups is 1.